The molecule has 0 radical (unpaired) electrons. The van der Waals surface area contributed by atoms with Gasteiger partial charge in [-0.15, -0.1) is 0 Å². The van der Waals surface area contributed by atoms with Crippen LogP contribution < -0.4 is 5.73 Å². The Kier molecular flexibility index (Phi) is 6.36. The van der Waals surface area contributed by atoms with Crippen LogP contribution in [0.3, 0.4) is 0 Å². The van der Waals surface area contributed by atoms with E-state index in [1.807, 2.05) is 20.9 Å². The van der Waals surface area contributed by atoms with Crippen LogP contribution in [0.15, 0.2) is 5.16 Å². The van der Waals surface area contributed by atoms with Crippen molar-refractivity contribution in [2.45, 2.75) is 33.2 Å². The van der Waals surface area contributed by atoms with Crippen molar-refractivity contribution in [2.24, 2.45) is 16.3 Å². The Morgan fingerprint density at radius 3 is 2.56 bits per heavy atom. The molecule has 16 heavy (non-hydrogen) atoms. The zero-order chi connectivity index (χ0) is 12.8. The van der Waals surface area contributed by atoms with Crippen LogP contribution in [0.4, 0.5) is 0 Å². The lowest BCUT2D eigenvalue weighted by atomic mass is 9.88. The monoisotopic (exact) mass is 231 g/mol. The quantitative estimate of drug-likeness (QED) is 0.298. The average Bonchev–Trinajstić information content (AvgIpc) is 2.25. The molecule has 0 aromatic rings. The molecule has 5 nitrogen and oxygen atoms in total. The summed E-state index contributed by atoms with van der Waals surface area (Å²) < 4.78 is 5.10. The van der Waals surface area contributed by atoms with Crippen molar-refractivity contribution >= 4 is 5.84 Å². The molecule has 0 fully saturated rings. The average molecular weight is 231 g/mol. The molecular weight excluding hydrogens is 206 g/mol. The highest BCUT2D eigenvalue weighted by molar-refractivity contribution is 5.85. The van der Waals surface area contributed by atoms with Crippen molar-refractivity contribution < 1.29 is 9.94 Å². The fourth-order valence-corrected chi connectivity index (χ4v) is 1.31. The number of methoxy groups -OCH3 is 1. The standard InChI is InChI=1S/C11H25N3O2/c1-9(8-16-5)14(4)7-6-11(2,3)10(12)13-15/h9,15H,6-8H2,1-5H3,(H2,12,13). The van der Waals surface area contributed by atoms with Gasteiger partial charge in [0, 0.05) is 18.6 Å². The number of rotatable bonds is 7. The van der Waals surface area contributed by atoms with Crippen molar-refractivity contribution in [3.63, 3.8) is 0 Å². The summed E-state index contributed by atoms with van der Waals surface area (Å²) in [5.41, 5.74) is 5.35. The highest BCUT2D eigenvalue weighted by Crippen LogP contribution is 2.20. The van der Waals surface area contributed by atoms with Crippen molar-refractivity contribution in [3.8, 4) is 0 Å². The minimum Gasteiger partial charge on any atom is -0.409 e. The van der Waals surface area contributed by atoms with E-state index in [1.165, 1.54) is 0 Å². The Labute approximate surface area is 98.2 Å². The fourth-order valence-electron chi connectivity index (χ4n) is 1.31. The first kappa shape index (κ1) is 15.2. The first-order valence-electron chi connectivity index (χ1n) is 5.52. The topological polar surface area (TPSA) is 71.1 Å². The fraction of sp³-hybridized carbons (Fsp3) is 0.909. The van der Waals surface area contributed by atoms with Gasteiger partial charge in [0.2, 0.25) is 0 Å². The zero-order valence-electron chi connectivity index (χ0n) is 11.0. The molecule has 0 spiro atoms. The maximum Gasteiger partial charge on any atom is 0.144 e. The highest BCUT2D eigenvalue weighted by Gasteiger charge is 2.24. The molecule has 0 saturated carbocycles. The van der Waals surface area contributed by atoms with Crippen molar-refractivity contribution in [1.82, 2.24) is 4.90 Å². The molecule has 0 aromatic carbocycles. The third-order valence-corrected chi connectivity index (χ3v) is 3.05. The predicted octanol–water partition coefficient (Wildman–Crippen LogP) is 1.12. The summed E-state index contributed by atoms with van der Waals surface area (Å²) >= 11 is 0. The van der Waals surface area contributed by atoms with Gasteiger partial charge in [0.05, 0.1) is 6.61 Å². The van der Waals surface area contributed by atoms with Gasteiger partial charge in [-0.3, -0.25) is 0 Å². The first-order chi connectivity index (χ1) is 7.35. The smallest absolute Gasteiger partial charge is 0.144 e. The Hall–Kier alpha value is -0.810. The second-order valence-electron chi connectivity index (χ2n) is 4.90. The van der Waals surface area contributed by atoms with Gasteiger partial charge in [0.1, 0.15) is 5.84 Å². The molecule has 1 unspecified atom stereocenters. The molecule has 1 atom stereocenters. The summed E-state index contributed by atoms with van der Waals surface area (Å²) in [6, 6.07) is 0.369. The molecular formula is C11H25N3O2. The van der Waals surface area contributed by atoms with Gasteiger partial charge in [-0.05, 0) is 26.9 Å². The van der Waals surface area contributed by atoms with Gasteiger partial charge in [-0.25, -0.2) is 0 Å². The lowest BCUT2D eigenvalue weighted by Gasteiger charge is -2.29. The van der Waals surface area contributed by atoms with E-state index in [9.17, 15) is 0 Å². The summed E-state index contributed by atoms with van der Waals surface area (Å²) in [6.45, 7) is 7.64. The third kappa shape index (κ3) is 4.81. The Bertz CT molecular complexity index is 229. The van der Waals surface area contributed by atoms with E-state index in [4.69, 9.17) is 15.7 Å². The number of amidine groups is 1. The summed E-state index contributed by atoms with van der Waals surface area (Å²) in [7, 11) is 3.75. The molecule has 0 aliphatic rings. The van der Waals surface area contributed by atoms with Crippen molar-refractivity contribution in [2.75, 3.05) is 27.3 Å². The molecule has 0 saturated heterocycles. The van der Waals surface area contributed by atoms with Gasteiger partial charge in [-0.2, -0.15) is 0 Å². The molecule has 5 heteroatoms. The largest absolute Gasteiger partial charge is 0.409 e. The van der Waals surface area contributed by atoms with Gasteiger partial charge in [0.25, 0.3) is 0 Å². The number of likely N-dealkylation sites (N-methyl/N-ethyl adjacent to an activating group) is 1. The Morgan fingerprint density at radius 1 is 1.56 bits per heavy atom. The zero-order valence-corrected chi connectivity index (χ0v) is 11.0. The highest BCUT2D eigenvalue weighted by atomic mass is 16.5. The Morgan fingerprint density at radius 2 is 2.12 bits per heavy atom. The van der Waals surface area contributed by atoms with Crippen LogP contribution in [-0.2, 0) is 4.74 Å². The van der Waals surface area contributed by atoms with E-state index in [2.05, 4.69) is 17.0 Å². The predicted molar refractivity (Wildman–Crippen MR) is 65.8 cm³/mol. The molecule has 0 aliphatic heterocycles. The summed E-state index contributed by atoms with van der Waals surface area (Å²) in [5.74, 6) is 0.278. The van der Waals surface area contributed by atoms with Crippen LogP contribution in [0.25, 0.3) is 0 Å². The van der Waals surface area contributed by atoms with Crippen LogP contribution >= 0.6 is 0 Å². The van der Waals surface area contributed by atoms with Crippen LogP contribution in [0, 0.1) is 5.41 Å². The molecule has 0 rings (SSSR count). The molecule has 0 bridgehead atoms. The van der Waals surface area contributed by atoms with Gasteiger partial charge >= 0.3 is 0 Å². The van der Waals surface area contributed by atoms with E-state index >= 15 is 0 Å². The van der Waals surface area contributed by atoms with E-state index in [1.54, 1.807) is 7.11 Å². The summed E-state index contributed by atoms with van der Waals surface area (Å²) in [5, 5.41) is 11.7. The second kappa shape index (κ2) is 6.70. The minimum atomic E-state index is -0.282. The minimum absolute atomic E-state index is 0.278. The summed E-state index contributed by atoms with van der Waals surface area (Å²) in [6.07, 6.45) is 0.841. The van der Waals surface area contributed by atoms with E-state index in [0.29, 0.717) is 12.6 Å². The number of oxime groups is 1. The molecule has 96 valence electrons. The van der Waals surface area contributed by atoms with Crippen LogP contribution in [0.5, 0.6) is 0 Å². The molecule has 0 aromatic heterocycles. The SMILES string of the molecule is COCC(C)N(C)CCC(C)(C)C(N)=NO. The molecule has 0 aliphatic carbocycles. The normalized spacial score (nSPS) is 15.5. The van der Waals surface area contributed by atoms with Crippen molar-refractivity contribution in [1.29, 1.82) is 0 Å². The number of hydrogen-bond acceptors (Lipinski definition) is 4. The third-order valence-electron chi connectivity index (χ3n) is 3.05. The molecule has 0 heterocycles. The maximum atomic E-state index is 8.66. The molecule has 3 N–H and O–H groups in total. The number of nitrogens with zero attached hydrogens (tertiary/aromatic N) is 2. The Balaban J connectivity index is 4.14. The van der Waals surface area contributed by atoms with Gasteiger partial charge in [-0.1, -0.05) is 19.0 Å². The van der Waals surface area contributed by atoms with Gasteiger partial charge < -0.3 is 20.6 Å². The number of hydrogen-bond donors (Lipinski definition) is 2. The van der Waals surface area contributed by atoms with Crippen LogP contribution in [0.2, 0.25) is 0 Å². The second-order valence-corrected chi connectivity index (χ2v) is 4.90. The summed E-state index contributed by atoms with van der Waals surface area (Å²) in [4.78, 5) is 2.20. The number of nitrogens with two attached hydrogens (primary N) is 1. The maximum absolute atomic E-state index is 8.66. The first-order valence-corrected chi connectivity index (χ1v) is 5.52. The van der Waals surface area contributed by atoms with Gasteiger partial charge in [0.15, 0.2) is 0 Å². The van der Waals surface area contributed by atoms with Crippen molar-refractivity contribution in [3.05, 3.63) is 0 Å². The molecule has 0 amide bonds. The van der Waals surface area contributed by atoms with Crippen LogP contribution in [-0.4, -0.2) is 49.3 Å². The van der Waals surface area contributed by atoms with Crippen LogP contribution in [0.1, 0.15) is 27.2 Å². The lowest BCUT2D eigenvalue weighted by molar-refractivity contribution is 0.110. The van der Waals surface area contributed by atoms with E-state index in [-0.39, 0.29) is 11.3 Å². The van der Waals surface area contributed by atoms with E-state index < -0.39 is 0 Å². The lowest BCUT2D eigenvalue weighted by Crippen LogP contribution is -2.39. The number of ether oxygens (including phenoxy) is 1. The van der Waals surface area contributed by atoms with E-state index in [0.717, 1.165) is 13.0 Å².